The van der Waals surface area contributed by atoms with Crippen molar-refractivity contribution in [1.82, 2.24) is 4.90 Å². The second-order valence-corrected chi connectivity index (χ2v) is 7.39. The number of nitroso groups, excluding NO2 is 1. The molecule has 162 valence electrons. The molecule has 3 rings (SSSR count). The highest BCUT2D eigenvalue weighted by atomic mass is 16.5. The number of nitrogens with zero attached hydrogens (tertiary/aromatic N) is 3. The van der Waals surface area contributed by atoms with E-state index >= 15 is 0 Å². The van der Waals surface area contributed by atoms with E-state index in [0.29, 0.717) is 5.69 Å². The molecule has 6 nitrogen and oxygen atoms in total. The van der Waals surface area contributed by atoms with Crippen LogP contribution in [-0.4, -0.2) is 37.6 Å². The SMILES string of the molecule is C=C(N)OC(CCN1CCN(c2ccccc2N=O)CC1)c1ccccc1.CCC. The molecular formula is C24H34N4O2. The van der Waals surface area contributed by atoms with Crippen LogP contribution in [0.3, 0.4) is 0 Å². The van der Waals surface area contributed by atoms with Crippen LogP contribution in [0.1, 0.15) is 38.4 Å². The minimum Gasteiger partial charge on any atom is -0.472 e. The molecule has 1 unspecified atom stereocenters. The monoisotopic (exact) mass is 410 g/mol. The molecule has 30 heavy (non-hydrogen) atoms. The number of para-hydroxylation sites is 1. The van der Waals surface area contributed by atoms with Crippen molar-refractivity contribution in [2.45, 2.75) is 32.8 Å². The largest absolute Gasteiger partial charge is 0.472 e. The second-order valence-electron chi connectivity index (χ2n) is 7.39. The number of nitrogens with two attached hydrogens (primary N) is 1. The maximum absolute atomic E-state index is 11.0. The normalized spacial score (nSPS) is 14.9. The number of hydrogen-bond acceptors (Lipinski definition) is 6. The number of rotatable bonds is 8. The molecule has 1 aliphatic rings. The smallest absolute Gasteiger partial charge is 0.177 e. The first-order valence-corrected chi connectivity index (χ1v) is 10.6. The highest BCUT2D eigenvalue weighted by molar-refractivity contribution is 5.66. The first kappa shape index (κ1) is 23.4. The van der Waals surface area contributed by atoms with E-state index < -0.39 is 0 Å². The van der Waals surface area contributed by atoms with Crippen LogP contribution < -0.4 is 10.6 Å². The summed E-state index contributed by atoms with van der Waals surface area (Å²) in [4.78, 5) is 15.6. The molecule has 2 N–H and O–H groups in total. The van der Waals surface area contributed by atoms with Gasteiger partial charge < -0.3 is 15.4 Å². The first-order valence-electron chi connectivity index (χ1n) is 10.6. The second kappa shape index (κ2) is 12.6. The molecule has 0 spiro atoms. The maximum atomic E-state index is 11.0. The van der Waals surface area contributed by atoms with E-state index in [1.165, 1.54) is 6.42 Å². The van der Waals surface area contributed by atoms with Gasteiger partial charge in [0.1, 0.15) is 11.8 Å². The third kappa shape index (κ3) is 7.19. The van der Waals surface area contributed by atoms with Gasteiger partial charge >= 0.3 is 0 Å². The fourth-order valence-corrected chi connectivity index (χ4v) is 3.47. The standard InChI is InChI=1S/C21H26N4O2.C3H8/c1-17(22)27-21(18-7-3-2-4-8-18)11-12-24-13-15-25(16-14-24)20-10-6-5-9-19(20)23-26;1-3-2/h2-10,21H,1,11-16,22H2;3H2,1-2H3. The van der Waals surface area contributed by atoms with Gasteiger partial charge in [-0.3, -0.25) is 4.90 Å². The van der Waals surface area contributed by atoms with E-state index in [9.17, 15) is 4.91 Å². The minimum atomic E-state index is -0.0956. The van der Waals surface area contributed by atoms with Gasteiger partial charge in [0.15, 0.2) is 5.88 Å². The average Bonchev–Trinajstić information content (AvgIpc) is 2.78. The van der Waals surface area contributed by atoms with Crippen LogP contribution in [0.4, 0.5) is 11.4 Å². The van der Waals surface area contributed by atoms with Crippen LogP contribution in [0.2, 0.25) is 0 Å². The Morgan fingerprint density at radius 3 is 2.27 bits per heavy atom. The zero-order valence-corrected chi connectivity index (χ0v) is 18.2. The number of benzene rings is 2. The van der Waals surface area contributed by atoms with Crippen molar-refractivity contribution < 1.29 is 4.74 Å². The Balaban J connectivity index is 0.00000101. The summed E-state index contributed by atoms with van der Waals surface area (Å²) in [5.74, 6) is 0.242. The molecule has 1 aliphatic heterocycles. The van der Waals surface area contributed by atoms with E-state index in [4.69, 9.17) is 10.5 Å². The van der Waals surface area contributed by atoms with Gasteiger partial charge in [0.25, 0.3) is 0 Å². The molecule has 0 bridgehead atoms. The molecule has 2 aromatic carbocycles. The van der Waals surface area contributed by atoms with E-state index in [1.807, 2.05) is 36.4 Å². The molecule has 1 heterocycles. The molecule has 2 aromatic rings. The van der Waals surface area contributed by atoms with Gasteiger partial charge in [0.05, 0.1) is 5.69 Å². The van der Waals surface area contributed by atoms with Gasteiger partial charge in [-0.15, -0.1) is 4.91 Å². The van der Waals surface area contributed by atoms with Crippen molar-refractivity contribution >= 4 is 11.4 Å². The number of anilines is 1. The highest BCUT2D eigenvalue weighted by Gasteiger charge is 2.21. The summed E-state index contributed by atoms with van der Waals surface area (Å²) in [6.07, 6.45) is 1.99. The molecule has 1 fully saturated rings. The van der Waals surface area contributed by atoms with Crippen molar-refractivity contribution in [3.05, 3.63) is 77.5 Å². The quantitative estimate of drug-likeness (QED) is 0.478. The lowest BCUT2D eigenvalue weighted by atomic mass is 10.1. The molecule has 0 saturated carbocycles. The zero-order valence-electron chi connectivity index (χ0n) is 18.2. The van der Waals surface area contributed by atoms with Crippen molar-refractivity contribution in [1.29, 1.82) is 0 Å². The van der Waals surface area contributed by atoms with Crippen LogP contribution in [-0.2, 0) is 4.74 Å². The predicted octanol–water partition coefficient (Wildman–Crippen LogP) is 5.20. The van der Waals surface area contributed by atoms with E-state index in [1.54, 1.807) is 6.07 Å². The van der Waals surface area contributed by atoms with Crippen LogP contribution >= 0.6 is 0 Å². The summed E-state index contributed by atoms with van der Waals surface area (Å²) in [5, 5.41) is 3.14. The van der Waals surface area contributed by atoms with E-state index in [-0.39, 0.29) is 12.0 Å². The Morgan fingerprint density at radius 1 is 1.07 bits per heavy atom. The van der Waals surface area contributed by atoms with Crippen molar-refractivity contribution in [3.8, 4) is 0 Å². The van der Waals surface area contributed by atoms with Crippen LogP contribution in [0.25, 0.3) is 0 Å². The van der Waals surface area contributed by atoms with Crippen LogP contribution in [0, 0.1) is 4.91 Å². The maximum Gasteiger partial charge on any atom is 0.177 e. The summed E-state index contributed by atoms with van der Waals surface area (Å²) in [6, 6.07) is 17.6. The number of ether oxygens (including phenoxy) is 1. The third-order valence-corrected chi connectivity index (χ3v) is 4.87. The van der Waals surface area contributed by atoms with Gasteiger partial charge in [-0.1, -0.05) is 62.7 Å². The zero-order chi connectivity index (χ0) is 21.8. The lowest BCUT2D eigenvalue weighted by Gasteiger charge is -2.36. The van der Waals surface area contributed by atoms with Gasteiger partial charge in [-0.2, -0.15) is 0 Å². The van der Waals surface area contributed by atoms with Gasteiger partial charge in [0, 0.05) is 39.1 Å². The van der Waals surface area contributed by atoms with Gasteiger partial charge in [0.2, 0.25) is 0 Å². The van der Waals surface area contributed by atoms with Crippen LogP contribution in [0.15, 0.2) is 72.2 Å². The summed E-state index contributed by atoms with van der Waals surface area (Å²) in [7, 11) is 0. The Kier molecular flexibility index (Phi) is 9.87. The average molecular weight is 411 g/mol. The Hall–Kier alpha value is -2.86. The van der Waals surface area contributed by atoms with Crippen molar-refractivity contribution in [3.63, 3.8) is 0 Å². The summed E-state index contributed by atoms with van der Waals surface area (Å²) >= 11 is 0. The molecular weight excluding hydrogens is 376 g/mol. The van der Waals surface area contributed by atoms with Crippen molar-refractivity contribution in [2.24, 2.45) is 10.9 Å². The lowest BCUT2D eigenvalue weighted by Crippen LogP contribution is -2.46. The topological polar surface area (TPSA) is 71.2 Å². The molecule has 1 atom stereocenters. The summed E-state index contributed by atoms with van der Waals surface area (Å²) in [5.41, 5.74) is 8.20. The molecule has 1 saturated heterocycles. The highest BCUT2D eigenvalue weighted by Crippen LogP contribution is 2.29. The third-order valence-electron chi connectivity index (χ3n) is 4.87. The summed E-state index contributed by atoms with van der Waals surface area (Å²) < 4.78 is 5.75. The van der Waals surface area contributed by atoms with Crippen LogP contribution in [0.5, 0.6) is 0 Å². The Morgan fingerprint density at radius 2 is 1.67 bits per heavy atom. The first-order chi connectivity index (χ1) is 14.6. The Labute approximate surface area is 180 Å². The molecule has 0 aliphatic carbocycles. The molecule has 0 aromatic heterocycles. The lowest BCUT2D eigenvalue weighted by molar-refractivity contribution is 0.0928. The van der Waals surface area contributed by atoms with E-state index in [0.717, 1.165) is 50.4 Å². The fourth-order valence-electron chi connectivity index (χ4n) is 3.47. The fraction of sp³-hybridized carbons (Fsp3) is 0.417. The minimum absolute atomic E-state index is 0.0956. The summed E-state index contributed by atoms with van der Waals surface area (Å²) in [6.45, 7) is 12.4. The van der Waals surface area contributed by atoms with E-state index in [2.05, 4.69) is 47.5 Å². The number of piperazine rings is 1. The predicted molar refractivity (Wildman–Crippen MR) is 125 cm³/mol. The van der Waals surface area contributed by atoms with Crippen molar-refractivity contribution in [2.75, 3.05) is 37.6 Å². The Bertz CT molecular complexity index is 774. The molecule has 6 heteroatoms. The van der Waals surface area contributed by atoms with Gasteiger partial charge in [-0.05, 0) is 29.5 Å². The van der Waals surface area contributed by atoms with Gasteiger partial charge in [-0.25, -0.2) is 0 Å². The molecule has 0 radical (unpaired) electrons. The molecule has 0 amide bonds. The number of hydrogen-bond donors (Lipinski definition) is 1.